The number of rotatable bonds is 4. The van der Waals surface area contributed by atoms with Crippen LogP contribution in [0.25, 0.3) is 22.2 Å². The smallest absolute Gasteiger partial charge is 0.188 e. The van der Waals surface area contributed by atoms with Gasteiger partial charge >= 0.3 is 0 Å². The third kappa shape index (κ3) is 2.17. The van der Waals surface area contributed by atoms with Crippen LogP contribution in [0.15, 0.2) is 18.9 Å². The van der Waals surface area contributed by atoms with E-state index in [9.17, 15) is 0 Å². The van der Waals surface area contributed by atoms with Crippen LogP contribution in [0.2, 0.25) is 0 Å². The monoisotopic (exact) mass is 325 g/mol. The number of nitrogens with two attached hydrogens (primary N) is 1. The van der Waals surface area contributed by atoms with Crippen molar-refractivity contribution >= 4 is 33.8 Å². The van der Waals surface area contributed by atoms with Gasteiger partial charge in [0.2, 0.25) is 0 Å². The van der Waals surface area contributed by atoms with E-state index in [0.717, 1.165) is 11.0 Å². The van der Waals surface area contributed by atoms with E-state index < -0.39 is 0 Å². The first-order valence-corrected chi connectivity index (χ1v) is 7.33. The molecule has 4 rings (SSSR count). The lowest BCUT2D eigenvalue weighted by Crippen LogP contribution is -2.17. The van der Waals surface area contributed by atoms with Crippen LogP contribution in [0.5, 0.6) is 0 Å². The molecule has 0 radical (unpaired) electrons. The summed E-state index contributed by atoms with van der Waals surface area (Å²) >= 11 is 0. The van der Waals surface area contributed by atoms with Gasteiger partial charge in [-0.3, -0.25) is 0 Å². The predicted octanol–water partition coefficient (Wildman–Crippen LogP) is 0.153. The van der Waals surface area contributed by atoms with E-state index in [1.807, 2.05) is 23.1 Å². The van der Waals surface area contributed by atoms with Gasteiger partial charge in [-0.1, -0.05) is 0 Å². The molecule has 4 aromatic heterocycles. The van der Waals surface area contributed by atoms with Crippen molar-refractivity contribution in [2.24, 2.45) is 7.05 Å². The number of imidazole rings is 2. The number of aromatic nitrogens is 9. The average molecular weight is 325 g/mol. The molecule has 0 aliphatic rings. The van der Waals surface area contributed by atoms with Crippen molar-refractivity contribution in [3.63, 3.8) is 0 Å². The minimum atomic E-state index is 0.0341. The SMILES string of the molecule is CC(CNc1nncc2c1ncn2C)n1cnc2c(N)nnnc21. The number of anilines is 2. The molecule has 4 aromatic rings. The molecule has 3 N–H and O–H groups in total. The molecule has 0 aromatic carbocycles. The molecule has 0 saturated heterocycles. The Labute approximate surface area is 135 Å². The van der Waals surface area contributed by atoms with Gasteiger partial charge in [0.1, 0.15) is 5.52 Å². The van der Waals surface area contributed by atoms with Crippen LogP contribution < -0.4 is 11.1 Å². The zero-order chi connectivity index (χ0) is 16.7. The average Bonchev–Trinajstić information content (AvgIpc) is 3.18. The standard InChI is InChI=1S/C13H15N11/c1-7(24-6-17-10-11(14)19-22-21-13(10)24)3-15-12-9-8(4-18-20-12)23(2)5-16-9/h4-7H,3H2,1-2H3,(H,15,20)(H2,14,19,21). The van der Waals surface area contributed by atoms with E-state index in [2.05, 4.69) is 40.9 Å². The Morgan fingerprint density at radius 3 is 2.88 bits per heavy atom. The quantitative estimate of drug-likeness (QED) is 0.537. The summed E-state index contributed by atoms with van der Waals surface area (Å²) in [6, 6.07) is 0.0341. The number of nitrogens with one attached hydrogen (secondary N) is 1. The van der Waals surface area contributed by atoms with Crippen LogP contribution in [-0.4, -0.2) is 51.3 Å². The number of hydrogen-bond donors (Lipinski definition) is 2. The Hall–Kier alpha value is -3.37. The molecule has 0 aliphatic heterocycles. The van der Waals surface area contributed by atoms with Crippen molar-refractivity contribution < 1.29 is 0 Å². The second-order valence-corrected chi connectivity index (χ2v) is 5.51. The van der Waals surface area contributed by atoms with E-state index in [0.29, 0.717) is 23.5 Å². The lowest BCUT2D eigenvalue weighted by molar-refractivity contribution is 0.580. The maximum Gasteiger partial charge on any atom is 0.188 e. The largest absolute Gasteiger partial charge is 0.380 e. The number of aryl methyl sites for hydroxylation is 1. The van der Waals surface area contributed by atoms with Crippen LogP contribution in [0.3, 0.4) is 0 Å². The van der Waals surface area contributed by atoms with Crippen LogP contribution in [0.4, 0.5) is 11.6 Å². The van der Waals surface area contributed by atoms with Gasteiger partial charge in [0, 0.05) is 13.6 Å². The van der Waals surface area contributed by atoms with Crippen molar-refractivity contribution in [2.75, 3.05) is 17.6 Å². The summed E-state index contributed by atoms with van der Waals surface area (Å²) in [4.78, 5) is 8.60. The molecule has 11 heteroatoms. The van der Waals surface area contributed by atoms with Gasteiger partial charge in [-0.15, -0.1) is 15.3 Å². The topological polar surface area (TPSA) is 138 Å². The van der Waals surface area contributed by atoms with Crippen LogP contribution >= 0.6 is 0 Å². The summed E-state index contributed by atoms with van der Waals surface area (Å²) < 4.78 is 3.78. The Morgan fingerprint density at radius 1 is 1.17 bits per heavy atom. The van der Waals surface area contributed by atoms with E-state index in [1.165, 1.54) is 0 Å². The van der Waals surface area contributed by atoms with Crippen molar-refractivity contribution in [1.82, 2.24) is 44.7 Å². The normalized spacial score (nSPS) is 12.8. The molecule has 0 saturated carbocycles. The molecular weight excluding hydrogens is 310 g/mol. The van der Waals surface area contributed by atoms with E-state index in [1.54, 1.807) is 18.9 Å². The van der Waals surface area contributed by atoms with Crippen LogP contribution in [0.1, 0.15) is 13.0 Å². The molecule has 0 aliphatic carbocycles. The van der Waals surface area contributed by atoms with Gasteiger partial charge in [-0.05, 0) is 12.1 Å². The summed E-state index contributed by atoms with van der Waals surface area (Å²) in [5.41, 5.74) is 8.60. The fourth-order valence-electron chi connectivity index (χ4n) is 2.54. The zero-order valence-corrected chi connectivity index (χ0v) is 13.1. The minimum absolute atomic E-state index is 0.0341. The summed E-state index contributed by atoms with van der Waals surface area (Å²) in [6.45, 7) is 2.61. The lowest BCUT2D eigenvalue weighted by atomic mass is 10.3. The minimum Gasteiger partial charge on any atom is -0.380 e. The zero-order valence-electron chi connectivity index (χ0n) is 13.1. The molecule has 0 bridgehead atoms. The Bertz CT molecular complexity index is 1020. The summed E-state index contributed by atoms with van der Waals surface area (Å²) in [5, 5.41) is 22.8. The molecule has 24 heavy (non-hydrogen) atoms. The van der Waals surface area contributed by atoms with Gasteiger partial charge in [0.25, 0.3) is 0 Å². The highest BCUT2D eigenvalue weighted by Gasteiger charge is 2.15. The first-order valence-electron chi connectivity index (χ1n) is 7.33. The first-order chi connectivity index (χ1) is 11.6. The van der Waals surface area contributed by atoms with Gasteiger partial charge in [-0.2, -0.15) is 5.10 Å². The van der Waals surface area contributed by atoms with Crippen molar-refractivity contribution in [2.45, 2.75) is 13.0 Å². The Kier molecular flexibility index (Phi) is 3.18. The lowest BCUT2D eigenvalue weighted by Gasteiger charge is -2.14. The van der Waals surface area contributed by atoms with Crippen molar-refractivity contribution in [3.05, 3.63) is 18.9 Å². The van der Waals surface area contributed by atoms with Gasteiger partial charge in [0.15, 0.2) is 22.8 Å². The second-order valence-electron chi connectivity index (χ2n) is 5.51. The Morgan fingerprint density at radius 2 is 2.00 bits per heavy atom. The molecule has 0 fully saturated rings. The maximum absolute atomic E-state index is 5.77. The first kappa shape index (κ1) is 14.2. The third-order valence-corrected chi connectivity index (χ3v) is 3.89. The van der Waals surface area contributed by atoms with Gasteiger partial charge in [0.05, 0.1) is 30.4 Å². The Balaban J connectivity index is 1.59. The molecule has 4 heterocycles. The molecule has 0 amide bonds. The second kappa shape index (κ2) is 5.37. The van der Waals surface area contributed by atoms with E-state index in [-0.39, 0.29) is 11.9 Å². The molecule has 1 unspecified atom stereocenters. The van der Waals surface area contributed by atoms with Crippen molar-refractivity contribution in [1.29, 1.82) is 0 Å². The highest BCUT2D eigenvalue weighted by molar-refractivity contribution is 5.85. The number of fused-ring (bicyclic) bond motifs is 2. The highest BCUT2D eigenvalue weighted by Crippen LogP contribution is 2.20. The number of hydrogen-bond acceptors (Lipinski definition) is 9. The van der Waals surface area contributed by atoms with Crippen LogP contribution in [-0.2, 0) is 7.05 Å². The number of nitrogen functional groups attached to an aromatic ring is 1. The number of nitrogens with zero attached hydrogens (tertiary/aromatic N) is 9. The molecule has 0 spiro atoms. The predicted molar refractivity (Wildman–Crippen MR) is 87.0 cm³/mol. The van der Waals surface area contributed by atoms with E-state index >= 15 is 0 Å². The third-order valence-electron chi connectivity index (χ3n) is 3.89. The summed E-state index contributed by atoms with van der Waals surface area (Å²) in [6.07, 6.45) is 5.10. The van der Waals surface area contributed by atoms with Gasteiger partial charge < -0.3 is 20.2 Å². The van der Waals surface area contributed by atoms with Crippen molar-refractivity contribution in [3.8, 4) is 0 Å². The van der Waals surface area contributed by atoms with Gasteiger partial charge in [-0.25, -0.2) is 9.97 Å². The fourth-order valence-corrected chi connectivity index (χ4v) is 2.54. The molecular formula is C13H15N11. The van der Waals surface area contributed by atoms with E-state index in [4.69, 9.17) is 5.73 Å². The maximum atomic E-state index is 5.77. The molecule has 122 valence electrons. The summed E-state index contributed by atoms with van der Waals surface area (Å²) in [5.74, 6) is 0.902. The highest BCUT2D eigenvalue weighted by atomic mass is 15.4. The molecule has 11 nitrogen and oxygen atoms in total. The van der Waals surface area contributed by atoms with Crippen LogP contribution in [0, 0.1) is 0 Å². The summed E-state index contributed by atoms with van der Waals surface area (Å²) in [7, 11) is 1.91. The fraction of sp³-hybridized carbons (Fsp3) is 0.308. The molecule has 1 atom stereocenters.